The highest BCUT2D eigenvalue weighted by Crippen LogP contribution is 1.13. The highest BCUT2D eigenvalue weighted by molar-refractivity contribution is 5.44. The Hall–Kier alpha value is -1.39. The van der Waals surface area contributed by atoms with Crippen molar-refractivity contribution in [1.82, 2.24) is 0 Å². The van der Waals surface area contributed by atoms with E-state index in [0.717, 1.165) is 6.29 Å². The molecule has 0 aromatic rings. The molecule has 0 spiro atoms. The van der Waals surface area contributed by atoms with Crippen molar-refractivity contribution in [1.29, 1.82) is 0 Å². The van der Waals surface area contributed by atoms with Gasteiger partial charge in [-0.25, -0.2) is 0 Å². The first kappa shape index (κ1) is 33.5. The molecule has 0 aromatic heterocycles. The molecule has 0 aliphatic carbocycles. The fourth-order valence-corrected chi connectivity index (χ4v) is 0. The summed E-state index contributed by atoms with van der Waals surface area (Å²) in [4.78, 5) is 25.5. The van der Waals surface area contributed by atoms with Crippen LogP contribution in [0.2, 0.25) is 0 Å². The van der Waals surface area contributed by atoms with Gasteiger partial charge in [0, 0.05) is 0 Å². The maximum atomic E-state index is 8.81. The van der Waals surface area contributed by atoms with E-state index in [-0.39, 0.29) is 27.8 Å². The summed E-state index contributed by atoms with van der Waals surface area (Å²) in [5.74, 6) is 0. The first-order chi connectivity index (χ1) is 4.24. The van der Waals surface area contributed by atoms with Crippen LogP contribution in [0.4, 0.5) is 0 Å². The van der Waals surface area contributed by atoms with Crippen LogP contribution in [0.5, 0.6) is 0 Å². The lowest BCUT2D eigenvalue weighted by atomic mass is 11.0. The number of hydrogen-bond donors (Lipinski definition) is 2. The van der Waals surface area contributed by atoms with Crippen LogP contribution in [-0.2, 0) is 14.4 Å². The highest BCUT2D eigenvalue weighted by Gasteiger charge is 1.24. The number of rotatable bonds is 0. The quantitative estimate of drug-likeness (QED) is 0.524. The van der Waals surface area contributed by atoms with Crippen LogP contribution in [0.3, 0.4) is 0 Å². The predicted molar refractivity (Wildman–Crippen MR) is 42.6 cm³/mol. The van der Waals surface area contributed by atoms with Gasteiger partial charge in [-0.05, 0) is 6.92 Å². The largest absolute Gasteiger partial charge is 0.483 e. The summed E-state index contributed by atoms with van der Waals surface area (Å²) < 4.78 is 0. The normalized spacial score (nSPS) is 3.36. The van der Waals surface area contributed by atoms with Crippen molar-refractivity contribution in [2.75, 3.05) is 0 Å². The third-order valence-corrected chi connectivity index (χ3v) is 0. The Morgan fingerprint density at radius 2 is 0.909 bits per heavy atom. The Bertz CT molecular complexity index is 47.7. The third kappa shape index (κ3) is 195. The van der Waals surface area contributed by atoms with Crippen molar-refractivity contribution in [2.24, 2.45) is 0 Å². The first-order valence-electron chi connectivity index (χ1n) is 1.80. The van der Waals surface area contributed by atoms with Gasteiger partial charge in [0.05, 0.1) is 0 Å². The zero-order valence-electron chi connectivity index (χ0n) is 4.85. The van der Waals surface area contributed by atoms with E-state index in [1.165, 1.54) is 6.92 Å². The van der Waals surface area contributed by atoms with E-state index in [2.05, 4.69) is 0 Å². The lowest BCUT2D eigenvalue weighted by molar-refractivity contribution is -0.123. The minimum Gasteiger partial charge on any atom is -0.483 e. The molecule has 5 heteroatoms. The van der Waals surface area contributed by atoms with Crippen LogP contribution in [-0.4, -0.2) is 29.4 Å². The average Bonchev–Trinajstić information content (AvgIpc) is 1.70. The number of aldehydes is 1. The molecule has 0 amide bonds. The smallest absolute Gasteiger partial charge is 0.290 e. The molecule has 2 N–H and O–H groups in total. The molecule has 0 bridgehead atoms. The van der Waals surface area contributed by atoms with Crippen LogP contribution in [0.15, 0.2) is 0 Å². The minimum atomic E-state index is -0.250. The van der Waals surface area contributed by atoms with Crippen LogP contribution >= 0.6 is 0 Å². The third-order valence-electron chi connectivity index (χ3n) is 0. The van der Waals surface area contributed by atoms with Gasteiger partial charge in [0.15, 0.2) is 0 Å². The number of hydrogen-bond acceptors (Lipinski definition) is 3. The summed E-state index contributed by atoms with van der Waals surface area (Å²) in [5, 5.41) is 13.8. The van der Waals surface area contributed by atoms with Crippen LogP contribution in [0.25, 0.3) is 0 Å². The second kappa shape index (κ2) is 192. The average molecular weight is 168 g/mol. The molecule has 0 aromatic carbocycles. The summed E-state index contributed by atoms with van der Waals surface area (Å²) in [7, 11) is 0. The molecule has 0 atom stereocenters. The molecule has 0 aliphatic heterocycles. The molecule has 0 radical (unpaired) electrons. The monoisotopic (exact) mass is 168 g/mol. The van der Waals surface area contributed by atoms with Gasteiger partial charge in [0.1, 0.15) is 6.29 Å². The van der Waals surface area contributed by atoms with Crippen molar-refractivity contribution >= 4 is 19.2 Å². The molecular formula is C6H16O5. The molecule has 0 heterocycles. The zero-order valence-corrected chi connectivity index (χ0v) is 4.85. The fourth-order valence-electron chi connectivity index (χ4n) is 0. The van der Waals surface area contributed by atoms with Gasteiger partial charge >= 0.3 is 0 Å². The standard InChI is InChI=1S/C2H4O.2CH2O2.2CH4/c1-2-3;2*2-1-3;;/h2H,1H3;2*1H,(H,2,3);2*1H4. The summed E-state index contributed by atoms with van der Waals surface area (Å²) in [6, 6.07) is 0. The van der Waals surface area contributed by atoms with Crippen molar-refractivity contribution in [3.05, 3.63) is 0 Å². The van der Waals surface area contributed by atoms with E-state index >= 15 is 0 Å². The van der Waals surface area contributed by atoms with E-state index < -0.39 is 0 Å². The molecule has 0 fully saturated rings. The number of carbonyl (C=O) groups is 3. The Balaban J connectivity index is -0.0000000150. The summed E-state index contributed by atoms with van der Waals surface area (Å²) in [5.41, 5.74) is 0. The summed E-state index contributed by atoms with van der Waals surface area (Å²) in [6.45, 7) is 0.944. The van der Waals surface area contributed by atoms with Crippen molar-refractivity contribution in [3.8, 4) is 0 Å². The van der Waals surface area contributed by atoms with E-state index in [1.807, 2.05) is 0 Å². The summed E-state index contributed by atoms with van der Waals surface area (Å²) >= 11 is 0. The fraction of sp³-hybridized carbons (Fsp3) is 0.500. The molecule has 0 rings (SSSR count). The topological polar surface area (TPSA) is 91.7 Å². The molecule has 5 nitrogen and oxygen atoms in total. The van der Waals surface area contributed by atoms with Crippen LogP contribution in [0, 0.1) is 0 Å². The maximum Gasteiger partial charge on any atom is 0.290 e. The Morgan fingerprint density at radius 1 is 0.909 bits per heavy atom. The highest BCUT2D eigenvalue weighted by atomic mass is 16.3. The van der Waals surface area contributed by atoms with Gasteiger partial charge in [-0.15, -0.1) is 0 Å². The second-order valence-electron chi connectivity index (χ2n) is 0.447. The van der Waals surface area contributed by atoms with E-state index in [1.54, 1.807) is 0 Å². The molecule has 70 valence electrons. The van der Waals surface area contributed by atoms with Gasteiger partial charge in [0.2, 0.25) is 0 Å². The van der Waals surface area contributed by atoms with Crippen molar-refractivity contribution in [3.63, 3.8) is 0 Å². The van der Waals surface area contributed by atoms with Crippen LogP contribution in [0.1, 0.15) is 21.8 Å². The van der Waals surface area contributed by atoms with E-state index in [4.69, 9.17) is 24.6 Å². The van der Waals surface area contributed by atoms with E-state index in [0.29, 0.717) is 0 Å². The van der Waals surface area contributed by atoms with Gasteiger partial charge in [-0.3, -0.25) is 9.59 Å². The lowest BCUT2D eigenvalue weighted by Gasteiger charge is -1.34. The SMILES string of the molecule is C.C.CC=O.O=CO.O=CO. The molecule has 0 unspecified atom stereocenters. The Kier molecular flexibility index (Phi) is 586. The predicted octanol–water partition coefficient (Wildman–Crippen LogP) is 0.879. The molecule has 11 heavy (non-hydrogen) atoms. The van der Waals surface area contributed by atoms with Crippen molar-refractivity contribution < 1.29 is 24.6 Å². The summed E-state index contributed by atoms with van der Waals surface area (Å²) in [6.07, 6.45) is 0.750. The van der Waals surface area contributed by atoms with Gasteiger partial charge in [0.25, 0.3) is 12.9 Å². The molecule has 0 saturated carbocycles. The van der Waals surface area contributed by atoms with Gasteiger partial charge in [-0.1, -0.05) is 14.9 Å². The zero-order chi connectivity index (χ0) is 8.12. The van der Waals surface area contributed by atoms with Gasteiger partial charge < -0.3 is 15.0 Å². The van der Waals surface area contributed by atoms with E-state index in [9.17, 15) is 0 Å². The van der Waals surface area contributed by atoms with Gasteiger partial charge in [-0.2, -0.15) is 0 Å². The Morgan fingerprint density at radius 3 is 0.909 bits per heavy atom. The molecular weight excluding hydrogens is 152 g/mol. The first-order valence-corrected chi connectivity index (χ1v) is 1.80. The lowest BCUT2D eigenvalue weighted by Crippen LogP contribution is -1.49. The minimum absolute atomic E-state index is 0. The Labute approximate surface area is 66.7 Å². The second-order valence-corrected chi connectivity index (χ2v) is 0.447. The van der Waals surface area contributed by atoms with Crippen LogP contribution < -0.4 is 0 Å². The molecule has 0 saturated heterocycles. The molecule has 0 aliphatic rings. The number of carboxylic acid groups (broad SMARTS) is 2. The van der Waals surface area contributed by atoms with Crippen molar-refractivity contribution in [2.45, 2.75) is 21.8 Å². The number of carbonyl (C=O) groups excluding carboxylic acids is 1. The maximum absolute atomic E-state index is 8.81.